The molecule has 6 nitrogen and oxygen atoms in total. The summed E-state index contributed by atoms with van der Waals surface area (Å²) in [4.78, 5) is 36.7. The van der Waals surface area contributed by atoms with Gasteiger partial charge in [0.2, 0.25) is 17.7 Å². The van der Waals surface area contributed by atoms with Gasteiger partial charge in [-0.1, -0.05) is 36.5 Å². The van der Waals surface area contributed by atoms with Gasteiger partial charge in [-0.2, -0.15) is 0 Å². The van der Waals surface area contributed by atoms with Crippen LogP contribution in [0.1, 0.15) is 18.1 Å². The number of amides is 3. The van der Waals surface area contributed by atoms with E-state index in [-0.39, 0.29) is 18.9 Å². The summed E-state index contributed by atoms with van der Waals surface area (Å²) in [6.45, 7) is 1.49. The number of hydrogen-bond acceptors (Lipinski definition) is 4. The summed E-state index contributed by atoms with van der Waals surface area (Å²) >= 11 is 4.86. The maximum atomic E-state index is 12.2. The molecular weight excluding hydrogens is 290 g/mol. The molecule has 0 radical (unpaired) electrons. The monoisotopic (exact) mass is 305 g/mol. The normalized spacial score (nSPS) is 18.3. The summed E-state index contributed by atoms with van der Waals surface area (Å²) in [6.07, 6.45) is 0.114. The Morgan fingerprint density at radius 3 is 2.57 bits per heavy atom. The molecule has 0 spiro atoms. The van der Waals surface area contributed by atoms with E-state index in [2.05, 4.69) is 5.32 Å². The zero-order valence-electron chi connectivity index (χ0n) is 11.5. The molecule has 2 rings (SSSR count). The second-order valence-corrected chi connectivity index (χ2v) is 5.29. The Labute approximate surface area is 127 Å². The van der Waals surface area contributed by atoms with Crippen molar-refractivity contribution in [2.75, 3.05) is 6.54 Å². The maximum absolute atomic E-state index is 12.2. The number of rotatable bonds is 3. The van der Waals surface area contributed by atoms with Gasteiger partial charge in [0.05, 0.1) is 6.42 Å². The quantitative estimate of drug-likeness (QED) is 0.593. The lowest BCUT2D eigenvalue weighted by Gasteiger charge is -2.31. The van der Waals surface area contributed by atoms with Crippen LogP contribution in [0.5, 0.6) is 0 Å². The third kappa shape index (κ3) is 3.43. The van der Waals surface area contributed by atoms with Gasteiger partial charge >= 0.3 is 0 Å². The lowest BCUT2D eigenvalue weighted by molar-refractivity contribution is -0.149. The summed E-state index contributed by atoms with van der Waals surface area (Å²) in [7, 11) is 0. The molecule has 7 heteroatoms. The number of nitrogens with two attached hydrogens (primary N) is 1. The topological polar surface area (TPSA) is 92.5 Å². The van der Waals surface area contributed by atoms with Crippen LogP contribution in [0.2, 0.25) is 0 Å². The SMILES string of the molecule is CC1C(=O)NC(=O)CN1C(=O)Cc1ccc(C(N)=S)cc1. The van der Waals surface area contributed by atoms with E-state index in [0.717, 1.165) is 11.1 Å². The van der Waals surface area contributed by atoms with Gasteiger partial charge in [0.1, 0.15) is 17.6 Å². The molecule has 1 unspecified atom stereocenters. The van der Waals surface area contributed by atoms with E-state index in [1.54, 1.807) is 31.2 Å². The first-order valence-electron chi connectivity index (χ1n) is 6.40. The molecule has 0 bridgehead atoms. The van der Waals surface area contributed by atoms with Gasteiger partial charge in [-0.25, -0.2) is 0 Å². The number of carbonyl (C=O) groups excluding carboxylic acids is 3. The Morgan fingerprint density at radius 1 is 1.38 bits per heavy atom. The minimum Gasteiger partial charge on any atom is -0.389 e. The van der Waals surface area contributed by atoms with E-state index in [0.29, 0.717) is 4.99 Å². The Bertz CT molecular complexity index is 612. The van der Waals surface area contributed by atoms with E-state index in [1.165, 1.54) is 4.90 Å². The standard InChI is InChI=1S/C14H15N3O3S/c1-8-14(20)16-11(18)7-17(8)12(19)6-9-2-4-10(5-3-9)13(15)21/h2-5,8H,6-7H2,1H3,(H2,15,21)(H,16,18,20). The molecule has 21 heavy (non-hydrogen) atoms. The zero-order chi connectivity index (χ0) is 15.6. The van der Waals surface area contributed by atoms with Crippen LogP contribution in [-0.2, 0) is 20.8 Å². The van der Waals surface area contributed by atoms with Crippen molar-refractivity contribution < 1.29 is 14.4 Å². The Balaban J connectivity index is 2.08. The molecular formula is C14H15N3O3S. The summed E-state index contributed by atoms with van der Waals surface area (Å²) in [5, 5.41) is 2.20. The number of hydrogen-bond donors (Lipinski definition) is 2. The highest BCUT2D eigenvalue weighted by Crippen LogP contribution is 2.10. The van der Waals surface area contributed by atoms with E-state index in [1.807, 2.05) is 0 Å². The number of thiocarbonyl (C=S) groups is 1. The number of benzene rings is 1. The highest BCUT2D eigenvalue weighted by molar-refractivity contribution is 7.80. The fourth-order valence-electron chi connectivity index (χ4n) is 2.08. The average molecular weight is 305 g/mol. The van der Waals surface area contributed by atoms with Crippen LogP contribution in [0.4, 0.5) is 0 Å². The number of carbonyl (C=O) groups is 3. The third-order valence-electron chi connectivity index (χ3n) is 3.34. The van der Waals surface area contributed by atoms with Gasteiger partial charge in [-0.15, -0.1) is 0 Å². The van der Waals surface area contributed by atoms with Gasteiger partial charge in [0.25, 0.3) is 0 Å². The molecule has 1 atom stereocenters. The minimum atomic E-state index is -0.647. The molecule has 0 aromatic heterocycles. The van der Waals surface area contributed by atoms with Crippen molar-refractivity contribution in [3.8, 4) is 0 Å². The second-order valence-electron chi connectivity index (χ2n) is 4.85. The molecule has 0 saturated carbocycles. The Morgan fingerprint density at radius 2 is 2.00 bits per heavy atom. The number of piperazine rings is 1. The zero-order valence-corrected chi connectivity index (χ0v) is 12.3. The van der Waals surface area contributed by atoms with Crippen LogP contribution in [0.15, 0.2) is 24.3 Å². The summed E-state index contributed by atoms with van der Waals surface area (Å²) in [5.41, 5.74) is 7.00. The van der Waals surface area contributed by atoms with Crippen molar-refractivity contribution in [3.05, 3.63) is 35.4 Å². The Hall–Kier alpha value is -2.28. The third-order valence-corrected chi connectivity index (χ3v) is 3.57. The predicted octanol–water partition coefficient (Wildman–Crippen LogP) is -0.263. The molecule has 110 valence electrons. The van der Waals surface area contributed by atoms with Crippen LogP contribution in [0.3, 0.4) is 0 Å². The van der Waals surface area contributed by atoms with Crippen LogP contribution in [-0.4, -0.2) is 40.2 Å². The first-order valence-corrected chi connectivity index (χ1v) is 6.81. The van der Waals surface area contributed by atoms with Crippen LogP contribution in [0.25, 0.3) is 0 Å². The fourth-order valence-corrected chi connectivity index (χ4v) is 2.22. The molecule has 1 aliphatic heterocycles. The van der Waals surface area contributed by atoms with Gasteiger partial charge < -0.3 is 10.6 Å². The maximum Gasteiger partial charge on any atom is 0.249 e. The van der Waals surface area contributed by atoms with Crippen molar-refractivity contribution in [3.63, 3.8) is 0 Å². The molecule has 1 aromatic rings. The molecule has 1 heterocycles. The lowest BCUT2D eigenvalue weighted by atomic mass is 10.1. The Kier molecular flexibility index (Phi) is 4.32. The minimum absolute atomic E-state index is 0.100. The molecule has 1 saturated heterocycles. The number of nitrogens with zero attached hydrogens (tertiary/aromatic N) is 1. The van der Waals surface area contributed by atoms with Crippen molar-refractivity contribution >= 4 is 34.9 Å². The highest BCUT2D eigenvalue weighted by atomic mass is 32.1. The summed E-state index contributed by atoms with van der Waals surface area (Å²) in [5.74, 6) is -1.19. The van der Waals surface area contributed by atoms with Gasteiger partial charge in [-0.3, -0.25) is 19.7 Å². The summed E-state index contributed by atoms with van der Waals surface area (Å²) < 4.78 is 0. The summed E-state index contributed by atoms with van der Waals surface area (Å²) in [6, 6.07) is 6.34. The number of nitrogens with one attached hydrogen (secondary N) is 1. The van der Waals surface area contributed by atoms with E-state index < -0.39 is 17.9 Å². The lowest BCUT2D eigenvalue weighted by Crippen LogP contribution is -2.58. The van der Waals surface area contributed by atoms with Crippen molar-refractivity contribution in [2.24, 2.45) is 5.73 Å². The molecule has 3 amide bonds. The van der Waals surface area contributed by atoms with Gasteiger partial charge in [-0.05, 0) is 12.5 Å². The van der Waals surface area contributed by atoms with Crippen LogP contribution < -0.4 is 11.1 Å². The van der Waals surface area contributed by atoms with Crippen LogP contribution >= 0.6 is 12.2 Å². The molecule has 1 aliphatic rings. The van der Waals surface area contributed by atoms with E-state index >= 15 is 0 Å². The number of imide groups is 1. The van der Waals surface area contributed by atoms with Crippen LogP contribution in [0, 0.1) is 0 Å². The highest BCUT2D eigenvalue weighted by Gasteiger charge is 2.33. The largest absolute Gasteiger partial charge is 0.389 e. The van der Waals surface area contributed by atoms with Crippen molar-refractivity contribution in [1.29, 1.82) is 0 Å². The van der Waals surface area contributed by atoms with Crippen molar-refractivity contribution in [2.45, 2.75) is 19.4 Å². The molecule has 0 aliphatic carbocycles. The fraction of sp³-hybridized carbons (Fsp3) is 0.286. The second kappa shape index (κ2) is 6.01. The molecule has 3 N–H and O–H groups in total. The molecule has 1 aromatic carbocycles. The first kappa shape index (κ1) is 15.1. The van der Waals surface area contributed by atoms with Gasteiger partial charge in [0, 0.05) is 5.56 Å². The van der Waals surface area contributed by atoms with Crippen molar-refractivity contribution in [1.82, 2.24) is 10.2 Å². The smallest absolute Gasteiger partial charge is 0.249 e. The first-order chi connectivity index (χ1) is 9.88. The van der Waals surface area contributed by atoms with E-state index in [9.17, 15) is 14.4 Å². The van der Waals surface area contributed by atoms with E-state index in [4.69, 9.17) is 18.0 Å². The van der Waals surface area contributed by atoms with Gasteiger partial charge in [0.15, 0.2) is 0 Å². The molecule has 1 fully saturated rings. The average Bonchev–Trinajstić information content (AvgIpc) is 2.43. The predicted molar refractivity (Wildman–Crippen MR) is 80.4 cm³/mol.